The number of aromatic nitrogens is 3. The summed E-state index contributed by atoms with van der Waals surface area (Å²) in [5, 5.41) is 18.3. The van der Waals surface area contributed by atoms with Crippen LogP contribution in [0.5, 0.6) is 0 Å². The van der Waals surface area contributed by atoms with E-state index in [1.54, 1.807) is 6.33 Å². The van der Waals surface area contributed by atoms with Crippen LogP contribution in [-0.4, -0.2) is 62.4 Å². The van der Waals surface area contributed by atoms with Gasteiger partial charge in [-0.15, -0.1) is 10.2 Å². The molecular formula is C22H21ClN6OS. The van der Waals surface area contributed by atoms with Crippen molar-refractivity contribution in [1.82, 2.24) is 24.6 Å². The molecular weight excluding hydrogens is 432 g/mol. The van der Waals surface area contributed by atoms with Gasteiger partial charge in [0.1, 0.15) is 6.33 Å². The third kappa shape index (κ3) is 5.44. The van der Waals surface area contributed by atoms with Gasteiger partial charge in [0, 0.05) is 37.7 Å². The van der Waals surface area contributed by atoms with E-state index >= 15 is 0 Å². The molecule has 1 aliphatic heterocycles. The third-order valence-corrected chi connectivity index (χ3v) is 6.30. The zero-order valence-electron chi connectivity index (χ0n) is 16.8. The number of nitrogens with zero attached hydrogens (tertiary/aromatic N) is 6. The highest BCUT2D eigenvalue weighted by Crippen LogP contribution is 2.22. The molecule has 1 aromatic heterocycles. The predicted octanol–water partition coefficient (Wildman–Crippen LogP) is 3.23. The van der Waals surface area contributed by atoms with Crippen LogP contribution >= 0.6 is 23.4 Å². The summed E-state index contributed by atoms with van der Waals surface area (Å²) in [6.45, 7) is 3.89. The summed E-state index contributed by atoms with van der Waals surface area (Å²) in [5.41, 5.74) is 2.71. The molecule has 7 nitrogen and oxygen atoms in total. The van der Waals surface area contributed by atoms with Gasteiger partial charge in [0.15, 0.2) is 5.16 Å². The molecule has 0 N–H and O–H groups in total. The molecule has 4 rings (SSSR count). The normalized spacial score (nSPS) is 14.4. The van der Waals surface area contributed by atoms with E-state index in [4.69, 9.17) is 16.9 Å². The number of carbonyl (C=O) groups is 1. The fraction of sp³-hybridized carbons (Fsp3) is 0.273. The molecule has 9 heteroatoms. The Morgan fingerprint density at radius 1 is 1.13 bits per heavy atom. The van der Waals surface area contributed by atoms with E-state index < -0.39 is 0 Å². The minimum atomic E-state index is 0.101. The Labute approximate surface area is 190 Å². The summed E-state index contributed by atoms with van der Waals surface area (Å²) in [6.07, 6.45) is 1.63. The van der Waals surface area contributed by atoms with Crippen molar-refractivity contribution in [2.45, 2.75) is 11.7 Å². The second-order valence-corrected chi connectivity index (χ2v) is 8.60. The second-order valence-electron chi connectivity index (χ2n) is 7.22. The Morgan fingerprint density at radius 3 is 2.61 bits per heavy atom. The molecule has 0 unspecified atom stereocenters. The zero-order chi connectivity index (χ0) is 21.6. The van der Waals surface area contributed by atoms with Crippen LogP contribution < -0.4 is 0 Å². The van der Waals surface area contributed by atoms with Crippen molar-refractivity contribution in [3.63, 3.8) is 0 Å². The van der Waals surface area contributed by atoms with Crippen molar-refractivity contribution in [3.05, 3.63) is 71.0 Å². The molecule has 0 aliphatic carbocycles. The maximum absolute atomic E-state index is 12.7. The molecule has 2 heterocycles. The molecule has 2 aromatic carbocycles. The molecule has 0 radical (unpaired) electrons. The lowest BCUT2D eigenvalue weighted by Crippen LogP contribution is -2.48. The van der Waals surface area contributed by atoms with Crippen molar-refractivity contribution in [3.8, 4) is 11.8 Å². The molecule has 3 aromatic rings. The molecule has 1 amide bonds. The number of halogens is 1. The minimum absolute atomic E-state index is 0.101. The van der Waals surface area contributed by atoms with E-state index in [1.807, 2.05) is 58.0 Å². The molecule has 158 valence electrons. The van der Waals surface area contributed by atoms with Crippen LogP contribution in [0, 0.1) is 11.3 Å². The largest absolute Gasteiger partial charge is 0.339 e. The summed E-state index contributed by atoms with van der Waals surface area (Å²) < 4.78 is 1.83. The standard InChI is InChI=1S/C22H21ClN6OS/c23-19-2-1-3-20(12-19)29-16-25-26-22(29)31-15-21(30)28-10-8-27(9-11-28)14-18-6-4-17(13-24)5-7-18/h1-7,12,16H,8-11,14-15H2. The van der Waals surface area contributed by atoms with Gasteiger partial charge in [-0.25, -0.2) is 0 Å². The van der Waals surface area contributed by atoms with Crippen LogP contribution in [0.3, 0.4) is 0 Å². The first-order valence-electron chi connectivity index (χ1n) is 9.90. The van der Waals surface area contributed by atoms with Crippen molar-refractivity contribution >= 4 is 29.3 Å². The number of hydrogen-bond acceptors (Lipinski definition) is 6. The third-order valence-electron chi connectivity index (χ3n) is 5.14. The van der Waals surface area contributed by atoms with Crippen LogP contribution in [0.2, 0.25) is 5.02 Å². The first kappa shape index (κ1) is 21.4. The first-order valence-corrected chi connectivity index (χ1v) is 11.3. The van der Waals surface area contributed by atoms with Crippen LogP contribution in [0.1, 0.15) is 11.1 Å². The molecule has 1 aliphatic rings. The van der Waals surface area contributed by atoms with Crippen LogP contribution in [0.25, 0.3) is 5.69 Å². The minimum Gasteiger partial charge on any atom is -0.339 e. The molecule has 31 heavy (non-hydrogen) atoms. The molecule has 1 saturated heterocycles. The van der Waals surface area contributed by atoms with Gasteiger partial charge in [0.05, 0.1) is 23.1 Å². The van der Waals surface area contributed by atoms with Crippen molar-refractivity contribution in [2.75, 3.05) is 31.9 Å². The Morgan fingerprint density at radius 2 is 1.90 bits per heavy atom. The Bertz CT molecular complexity index is 1090. The van der Waals surface area contributed by atoms with E-state index in [9.17, 15) is 4.79 Å². The Hall–Kier alpha value is -2.86. The number of amides is 1. The van der Waals surface area contributed by atoms with Gasteiger partial charge in [-0.3, -0.25) is 14.3 Å². The fourth-order valence-electron chi connectivity index (χ4n) is 3.44. The van der Waals surface area contributed by atoms with Gasteiger partial charge in [0.2, 0.25) is 5.91 Å². The number of nitriles is 1. The van der Waals surface area contributed by atoms with E-state index in [-0.39, 0.29) is 5.91 Å². The summed E-state index contributed by atoms with van der Waals surface area (Å²) in [6, 6.07) is 17.2. The van der Waals surface area contributed by atoms with Gasteiger partial charge in [-0.05, 0) is 35.9 Å². The average molecular weight is 453 g/mol. The van der Waals surface area contributed by atoms with E-state index in [2.05, 4.69) is 21.2 Å². The van der Waals surface area contributed by atoms with Gasteiger partial charge >= 0.3 is 0 Å². The average Bonchev–Trinajstić information content (AvgIpc) is 3.27. The summed E-state index contributed by atoms with van der Waals surface area (Å²) in [4.78, 5) is 16.9. The fourth-order valence-corrected chi connectivity index (χ4v) is 4.46. The van der Waals surface area contributed by atoms with Crippen molar-refractivity contribution < 1.29 is 4.79 Å². The van der Waals surface area contributed by atoms with Gasteiger partial charge in [-0.2, -0.15) is 5.26 Å². The summed E-state index contributed by atoms with van der Waals surface area (Å²) in [5.74, 6) is 0.415. The van der Waals surface area contributed by atoms with Crippen LogP contribution in [-0.2, 0) is 11.3 Å². The van der Waals surface area contributed by atoms with Gasteiger partial charge < -0.3 is 4.90 Å². The summed E-state index contributed by atoms with van der Waals surface area (Å²) in [7, 11) is 0. The van der Waals surface area contributed by atoms with Crippen LogP contribution in [0.4, 0.5) is 0 Å². The molecule has 0 saturated carbocycles. The highest BCUT2D eigenvalue weighted by molar-refractivity contribution is 7.99. The molecule has 0 bridgehead atoms. The molecule has 0 spiro atoms. The Balaban J connectivity index is 1.27. The number of carbonyl (C=O) groups excluding carboxylic acids is 1. The van der Waals surface area contributed by atoms with Crippen molar-refractivity contribution in [2.24, 2.45) is 0 Å². The lowest BCUT2D eigenvalue weighted by atomic mass is 10.1. The summed E-state index contributed by atoms with van der Waals surface area (Å²) >= 11 is 7.46. The van der Waals surface area contributed by atoms with E-state index in [1.165, 1.54) is 17.3 Å². The zero-order valence-corrected chi connectivity index (χ0v) is 18.4. The number of benzene rings is 2. The maximum Gasteiger partial charge on any atom is 0.233 e. The highest BCUT2D eigenvalue weighted by Gasteiger charge is 2.22. The number of thioether (sulfide) groups is 1. The van der Waals surface area contributed by atoms with E-state index in [0.717, 1.165) is 25.3 Å². The maximum atomic E-state index is 12.7. The topological polar surface area (TPSA) is 78.1 Å². The quantitative estimate of drug-likeness (QED) is 0.534. The SMILES string of the molecule is N#Cc1ccc(CN2CCN(C(=O)CSc3nncn3-c3cccc(Cl)c3)CC2)cc1. The number of hydrogen-bond donors (Lipinski definition) is 0. The van der Waals surface area contributed by atoms with Crippen molar-refractivity contribution in [1.29, 1.82) is 5.26 Å². The highest BCUT2D eigenvalue weighted by atomic mass is 35.5. The molecule has 0 atom stereocenters. The monoisotopic (exact) mass is 452 g/mol. The lowest BCUT2D eigenvalue weighted by Gasteiger charge is -2.34. The van der Waals surface area contributed by atoms with E-state index in [0.29, 0.717) is 34.6 Å². The molecule has 1 fully saturated rings. The number of rotatable bonds is 6. The Kier molecular flexibility index (Phi) is 6.87. The van der Waals surface area contributed by atoms with Gasteiger partial charge in [0.25, 0.3) is 0 Å². The smallest absolute Gasteiger partial charge is 0.233 e. The van der Waals surface area contributed by atoms with Crippen LogP contribution in [0.15, 0.2) is 60.0 Å². The predicted molar refractivity (Wildman–Crippen MR) is 120 cm³/mol. The second kappa shape index (κ2) is 9.96. The first-order chi connectivity index (χ1) is 15.1. The number of piperazine rings is 1. The lowest BCUT2D eigenvalue weighted by molar-refractivity contribution is -0.130. The van der Waals surface area contributed by atoms with Gasteiger partial charge in [-0.1, -0.05) is 41.6 Å².